The highest BCUT2D eigenvalue weighted by Crippen LogP contribution is 2.25. The van der Waals surface area contributed by atoms with Gasteiger partial charge in [-0.25, -0.2) is 4.98 Å². The second kappa shape index (κ2) is 7.95. The lowest BCUT2D eigenvalue weighted by Gasteiger charge is -2.16. The van der Waals surface area contributed by atoms with Gasteiger partial charge in [0, 0.05) is 12.4 Å². The van der Waals surface area contributed by atoms with Gasteiger partial charge in [-0.2, -0.15) is 5.26 Å². The highest BCUT2D eigenvalue weighted by molar-refractivity contribution is 7.98. The van der Waals surface area contributed by atoms with Crippen LogP contribution < -0.4 is 5.56 Å². The fourth-order valence-electron chi connectivity index (χ4n) is 3.31. The van der Waals surface area contributed by atoms with Gasteiger partial charge >= 0.3 is 0 Å². The third-order valence-corrected chi connectivity index (χ3v) is 5.76. The van der Waals surface area contributed by atoms with Crippen molar-refractivity contribution in [3.8, 4) is 6.07 Å². The molecule has 0 N–H and O–H groups in total. The number of para-hydroxylation sites is 1. The van der Waals surface area contributed by atoms with E-state index in [1.54, 1.807) is 4.57 Å². The zero-order chi connectivity index (χ0) is 18.6. The molecule has 5 nitrogen and oxygen atoms in total. The summed E-state index contributed by atoms with van der Waals surface area (Å²) in [5.74, 6) is 0.583. The van der Waals surface area contributed by atoms with E-state index in [9.17, 15) is 10.1 Å². The van der Waals surface area contributed by atoms with Gasteiger partial charge in [-0.3, -0.25) is 9.36 Å². The summed E-state index contributed by atoms with van der Waals surface area (Å²) in [7, 11) is 0. The van der Waals surface area contributed by atoms with Gasteiger partial charge in [0.15, 0.2) is 5.16 Å². The van der Waals surface area contributed by atoms with Gasteiger partial charge in [0.2, 0.25) is 0 Å². The molecule has 0 aliphatic carbocycles. The van der Waals surface area contributed by atoms with Crippen LogP contribution in [0, 0.1) is 11.3 Å². The molecule has 1 saturated heterocycles. The standard InChI is InChI=1S/C21H19N3O2S/c22-12-15-6-1-2-7-16(15)14-27-21-23-19-10-4-3-9-18(19)20(25)24(21)13-17-8-5-11-26-17/h1-4,6-7,9-10,17H,5,8,11,13-14H2/t17-/m0/s1. The Labute approximate surface area is 161 Å². The molecular formula is C21H19N3O2S. The van der Waals surface area contributed by atoms with Gasteiger partial charge in [0.25, 0.3) is 5.56 Å². The van der Waals surface area contributed by atoms with E-state index in [4.69, 9.17) is 9.72 Å². The Morgan fingerprint density at radius 2 is 2.04 bits per heavy atom. The molecule has 4 rings (SSSR count). The summed E-state index contributed by atoms with van der Waals surface area (Å²) < 4.78 is 7.47. The van der Waals surface area contributed by atoms with Crippen molar-refractivity contribution in [1.82, 2.24) is 9.55 Å². The molecule has 0 saturated carbocycles. The van der Waals surface area contributed by atoms with Crippen molar-refractivity contribution in [2.75, 3.05) is 6.61 Å². The average molecular weight is 377 g/mol. The Kier molecular flexibility index (Phi) is 5.23. The van der Waals surface area contributed by atoms with E-state index < -0.39 is 0 Å². The summed E-state index contributed by atoms with van der Waals surface area (Å²) >= 11 is 1.49. The number of ether oxygens (including phenoxy) is 1. The van der Waals surface area contributed by atoms with Crippen LogP contribution in [0.5, 0.6) is 0 Å². The molecule has 2 heterocycles. The van der Waals surface area contributed by atoms with E-state index in [2.05, 4.69) is 6.07 Å². The number of benzene rings is 2. The minimum absolute atomic E-state index is 0.0350. The monoisotopic (exact) mass is 377 g/mol. The lowest BCUT2D eigenvalue weighted by molar-refractivity contribution is 0.0937. The molecule has 6 heteroatoms. The Bertz CT molecular complexity index is 1060. The van der Waals surface area contributed by atoms with Crippen LogP contribution in [0.3, 0.4) is 0 Å². The summed E-state index contributed by atoms with van der Waals surface area (Å²) in [6.07, 6.45) is 2.04. The molecular weight excluding hydrogens is 358 g/mol. The maximum absolute atomic E-state index is 13.1. The van der Waals surface area contributed by atoms with E-state index >= 15 is 0 Å². The largest absolute Gasteiger partial charge is 0.376 e. The Morgan fingerprint density at radius 1 is 1.22 bits per heavy atom. The van der Waals surface area contributed by atoms with Crippen LogP contribution in [-0.4, -0.2) is 22.3 Å². The zero-order valence-corrected chi connectivity index (χ0v) is 15.6. The molecule has 0 unspecified atom stereocenters. The first-order chi connectivity index (χ1) is 13.3. The number of aromatic nitrogens is 2. The number of thioether (sulfide) groups is 1. The van der Waals surface area contributed by atoms with E-state index in [1.165, 1.54) is 11.8 Å². The first-order valence-corrected chi connectivity index (χ1v) is 9.97. The summed E-state index contributed by atoms with van der Waals surface area (Å²) in [6.45, 7) is 1.26. The van der Waals surface area contributed by atoms with E-state index in [1.807, 2.05) is 48.5 Å². The summed E-state index contributed by atoms with van der Waals surface area (Å²) in [5.41, 5.74) is 2.25. The number of nitriles is 1. The predicted molar refractivity (Wildman–Crippen MR) is 106 cm³/mol. The summed E-state index contributed by atoms with van der Waals surface area (Å²) in [4.78, 5) is 17.8. The average Bonchev–Trinajstić information content (AvgIpc) is 3.22. The molecule has 0 radical (unpaired) electrons. The van der Waals surface area contributed by atoms with Crippen LogP contribution >= 0.6 is 11.8 Å². The highest BCUT2D eigenvalue weighted by atomic mass is 32.2. The highest BCUT2D eigenvalue weighted by Gasteiger charge is 2.20. The Hall–Kier alpha value is -2.62. The number of hydrogen-bond acceptors (Lipinski definition) is 5. The third kappa shape index (κ3) is 3.75. The van der Waals surface area contributed by atoms with Crippen molar-refractivity contribution in [3.63, 3.8) is 0 Å². The lowest BCUT2D eigenvalue weighted by Crippen LogP contribution is -2.28. The van der Waals surface area contributed by atoms with Crippen molar-refractivity contribution in [2.45, 2.75) is 36.4 Å². The zero-order valence-electron chi connectivity index (χ0n) is 14.8. The second-order valence-corrected chi connectivity index (χ2v) is 7.46. The van der Waals surface area contributed by atoms with Crippen LogP contribution in [0.15, 0.2) is 58.5 Å². The molecule has 2 aromatic carbocycles. The fraction of sp³-hybridized carbons (Fsp3) is 0.286. The minimum atomic E-state index is -0.0350. The fourth-order valence-corrected chi connectivity index (χ4v) is 4.32. The molecule has 1 fully saturated rings. The molecule has 136 valence electrons. The first-order valence-electron chi connectivity index (χ1n) is 8.98. The molecule has 0 amide bonds. The quantitative estimate of drug-likeness (QED) is 0.500. The van der Waals surface area contributed by atoms with Crippen LogP contribution in [0.25, 0.3) is 10.9 Å². The third-order valence-electron chi connectivity index (χ3n) is 4.73. The molecule has 1 aromatic heterocycles. The van der Waals surface area contributed by atoms with Crippen LogP contribution in [-0.2, 0) is 17.0 Å². The summed E-state index contributed by atoms with van der Waals surface area (Å²) in [6, 6.07) is 17.2. The lowest BCUT2D eigenvalue weighted by atomic mass is 10.1. The van der Waals surface area contributed by atoms with Gasteiger partial charge in [-0.15, -0.1) is 0 Å². The van der Waals surface area contributed by atoms with Crippen LogP contribution in [0.4, 0.5) is 0 Å². The number of fused-ring (bicyclic) bond motifs is 1. The topological polar surface area (TPSA) is 67.9 Å². The molecule has 0 bridgehead atoms. The van der Waals surface area contributed by atoms with E-state index in [-0.39, 0.29) is 11.7 Å². The van der Waals surface area contributed by atoms with E-state index in [0.717, 1.165) is 25.0 Å². The predicted octanol–water partition coefficient (Wildman–Crippen LogP) is 3.74. The maximum atomic E-state index is 13.1. The Morgan fingerprint density at radius 3 is 2.85 bits per heavy atom. The molecule has 27 heavy (non-hydrogen) atoms. The minimum Gasteiger partial charge on any atom is -0.376 e. The van der Waals surface area contributed by atoms with Crippen LogP contribution in [0.2, 0.25) is 0 Å². The van der Waals surface area contributed by atoms with Crippen molar-refractivity contribution >= 4 is 22.7 Å². The van der Waals surface area contributed by atoms with Gasteiger partial charge in [0.05, 0.1) is 35.2 Å². The molecule has 1 aliphatic rings. The first kappa shape index (κ1) is 17.8. The van der Waals surface area contributed by atoms with Crippen molar-refractivity contribution in [2.24, 2.45) is 0 Å². The Balaban J connectivity index is 1.71. The molecule has 3 aromatic rings. The van der Waals surface area contributed by atoms with Crippen molar-refractivity contribution in [3.05, 3.63) is 70.0 Å². The van der Waals surface area contributed by atoms with Crippen molar-refractivity contribution < 1.29 is 4.74 Å². The molecule has 1 aliphatic heterocycles. The number of nitrogens with zero attached hydrogens (tertiary/aromatic N) is 3. The van der Waals surface area contributed by atoms with Gasteiger partial charge in [-0.1, -0.05) is 42.1 Å². The van der Waals surface area contributed by atoms with Gasteiger partial charge in [0.1, 0.15) is 0 Å². The summed E-state index contributed by atoms with van der Waals surface area (Å²) in [5, 5.41) is 10.6. The molecule has 1 atom stereocenters. The van der Waals surface area contributed by atoms with Crippen molar-refractivity contribution in [1.29, 1.82) is 5.26 Å². The van der Waals surface area contributed by atoms with E-state index in [0.29, 0.717) is 33.9 Å². The second-order valence-electron chi connectivity index (χ2n) is 6.52. The number of rotatable bonds is 5. The van der Waals surface area contributed by atoms with Crippen LogP contribution in [0.1, 0.15) is 24.0 Å². The van der Waals surface area contributed by atoms with Gasteiger partial charge < -0.3 is 4.74 Å². The number of hydrogen-bond donors (Lipinski definition) is 0. The van der Waals surface area contributed by atoms with Gasteiger partial charge in [-0.05, 0) is 36.6 Å². The maximum Gasteiger partial charge on any atom is 0.262 e. The normalized spacial score (nSPS) is 16.5. The molecule has 0 spiro atoms. The smallest absolute Gasteiger partial charge is 0.262 e. The SMILES string of the molecule is N#Cc1ccccc1CSc1nc2ccccc2c(=O)n1C[C@@H]1CCCO1.